The highest BCUT2D eigenvalue weighted by Crippen LogP contribution is 2.40. The molecule has 2 N–H and O–H groups in total. The zero-order valence-corrected chi connectivity index (χ0v) is 7.31. The van der Waals surface area contributed by atoms with Crippen LogP contribution in [0, 0.1) is 13.5 Å². The van der Waals surface area contributed by atoms with Crippen LogP contribution in [0.2, 0.25) is 0 Å². The molecule has 0 spiro atoms. The molecule has 0 aliphatic carbocycles. The predicted molar refractivity (Wildman–Crippen MR) is 46.9 cm³/mol. The van der Waals surface area contributed by atoms with Crippen molar-refractivity contribution in [3.8, 4) is 0 Å². The lowest BCUT2D eigenvalue weighted by Crippen LogP contribution is -2.09. The minimum Gasteiger partial charge on any atom is -0.399 e. The van der Waals surface area contributed by atoms with Gasteiger partial charge in [0.2, 0.25) is 0 Å². The zero-order chi connectivity index (χ0) is 10.9. The van der Waals surface area contributed by atoms with Crippen molar-refractivity contribution in [2.45, 2.75) is 13.1 Å². The number of hydrogen-bond acceptors (Lipinski definition) is 1. The molecular weight excluding hydrogens is 193 g/mol. The molecule has 1 rings (SSSR count). The van der Waals surface area contributed by atoms with Crippen molar-refractivity contribution in [2.75, 3.05) is 5.73 Å². The Bertz CT molecular complexity index is 402. The lowest BCUT2D eigenvalue weighted by atomic mass is 10.0. The number of nitrogens with zero attached hydrogens (tertiary/aromatic N) is 1. The Labute approximate surface area is 79.0 Å². The van der Waals surface area contributed by atoms with E-state index in [0.29, 0.717) is 0 Å². The van der Waals surface area contributed by atoms with Gasteiger partial charge in [0.25, 0.3) is 0 Å². The van der Waals surface area contributed by atoms with Crippen molar-refractivity contribution in [3.63, 3.8) is 0 Å². The van der Waals surface area contributed by atoms with Crippen LogP contribution in [-0.4, -0.2) is 0 Å². The summed E-state index contributed by atoms with van der Waals surface area (Å²) in [6.07, 6.45) is -4.53. The van der Waals surface area contributed by atoms with E-state index in [-0.39, 0.29) is 11.3 Å². The SMILES string of the molecule is [C-]#[N+]c1ccc(N)c(C)c1C(F)(F)F. The second-order valence-corrected chi connectivity index (χ2v) is 2.78. The minimum atomic E-state index is -4.53. The summed E-state index contributed by atoms with van der Waals surface area (Å²) >= 11 is 0. The standard InChI is InChI=1S/C9H7F3N2/c1-5-6(13)3-4-7(14-2)8(5)9(10,11)12/h3-4H,13H2,1H3. The molecule has 0 heterocycles. The van der Waals surface area contributed by atoms with Crippen LogP contribution in [0.25, 0.3) is 4.85 Å². The van der Waals surface area contributed by atoms with Crippen LogP contribution in [0.4, 0.5) is 24.5 Å². The van der Waals surface area contributed by atoms with Gasteiger partial charge in [-0.1, -0.05) is 6.07 Å². The Morgan fingerprint density at radius 1 is 1.36 bits per heavy atom. The van der Waals surface area contributed by atoms with Crippen molar-refractivity contribution in [1.29, 1.82) is 0 Å². The molecule has 0 amide bonds. The molecule has 0 unspecified atom stereocenters. The molecule has 0 aromatic heterocycles. The fraction of sp³-hybridized carbons (Fsp3) is 0.222. The van der Waals surface area contributed by atoms with E-state index in [9.17, 15) is 13.2 Å². The monoisotopic (exact) mass is 200 g/mol. The Morgan fingerprint density at radius 2 is 1.93 bits per heavy atom. The molecule has 0 aliphatic heterocycles. The van der Waals surface area contributed by atoms with Crippen molar-refractivity contribution in [2.24, 2.45) is 0 Å². The van der Waals surface area contributed by atoms with Gasteiger partial charge in [0.15, 0.2) is 5.69 Å². The average Bonchev–Trinajstić information content (AvgIpc) is 2.07. The summed E-state index contributed by atoms with van der Waals surface area (Å²) < 4.78 is 37.4. The maximum Gasteiger partial charge on any atom is 0.407 e. The van der Waals surface area contributed by atoms with Crippen LogP contribution in [0.15, 0.2) is 12.1 Å². The van der Waals surface area contributed by atoms with E-state index in [1.54, 1.807) is 0 Å². The lowest BCUT2D eigenvalue weighted by Gasteiger charge is -2.13. The van der Waals surface area contributed by atoms with E-state index in [2.05, 4.69) is 4.85 Å². The summed E-state index contributed by atoms with van der Waals surface area (Å²) in [5.41, 5.74) is 3.94. The van der Waals surface area contributed by atoms with E-state index in [0.717, 1.165) is 6.07 Å². The number of halogens is 3. The smallest absolute Gasteiger partial charge is 0.399 e. The molecule has 0 saturated carbocycles. The van der Waals surface area contributed by atoms with Gasteiger partial charge in [0, 0.05) is 5.69 Å². The third kappa shape index (κ3) is 1.64. The maximum atomic E-state index is 12.5. The molecule has 74 valence electrons. The normalized spacial score (nSPS) is 11.1. The highest BCUT2D eigenvalue weighted by molar-refractivity contribution is 5.65. The number of anilines is 1. The Hall–Kier alpha value is -1.70. The van der Waals surface area contributed by atoms with E-state index in [1.165, 1.54) is 13.0 Å². The van der Waals surface area contributed by atoms with Crippen molar-refractivity contribution >= 4 is 11.4 Å². The molecule has 5 heteroatoms. The second-order valence-electron chi connectivity index (χ2n) is 2.78. The number of nitrogens with two attached hydrogens (primary N) is 1. The molecule has 1 aromatic rings. The van der Waals surface area contributed by atoms with Gasteiger partial charge in [0.05, 0.1) is 12.1 Å². The van der Waals surface area contributed by atoms with Gasteiger partial charge in [0.1, 0.15) is 0 Å². The first kappa shape index (κ1) is 10.4. The third-order valence-corrected chi connectivity index (χ3v) is 1.89. The number of nitrogen functional groups attached to an aromatic ring is 1. The van der Waals surface area contributed by atoms with Gasteiger partial charge < -0.3 is 5.73 Å². The molecule has 1 aromatic carbocycles. The summed E-state index contributed by atoms with van der Waals surface area (Å²) in [6.45, 7) is 7.87. The van der Waals surface area contributed by atoms with Crippen LogP contribution >= 0.6 is 0 Å². The van der Waals surface area contributed by atoms with Crippen LogP contribution in [0.5, 0.6) is 0 Å². The molecule has 14 heavy (non-hydrogen) atoms. The minimum absolute atomic E-state index is 0.0460. The predicted octanol–water partition coefficient (Wildman–Crippen LogP) is 3.15. The summed E-state index contributed by atoms with van der Waals surface area (Å²) in [4.78, 5) is 2.81. The molecule has 0 fully saturated rings. The zero-order valence-electron chi connectivity index (χ0n) is 7.31. The van der Waals surface area contributed by atoms with E-state index >= 15 is 0 Å². The third-order valence-electron chi connectivity index (χ3n) is 1.89. The van der Waals surface area contributed by atoms with Crippen molar-refractivity contribution < 1.29 is 13.2 Å². The Morgan fingerprint density at radius 3 is 2.36 bits per heavy atom. The van der Waals surface area contributed by atoms with Crippen molar-refractivity contribution in [1.82, 2.24) is 0 Å². The topological polar surface area (TPSA) is 30.4 Å². The van der Waals surface area contributed by atoms with Gasteiger partial charge in [-0.15, -0.1) is 0 Å². The fourth-order valence-corrected chi connectivity index (χ4v) is 1.16. The van der Waals surface area contributed by atoms with Crippen LogP contribution in [-0.2, 0) is 6.18 Å². The van der Waals surface area contributed by atoms with Crippen LogP contribution in [0.3, 0.4) is 0 Å². The first-order valence-electron chi connectivity index (χ1n) is 3.71. The van der Waals surface area contributed by atoms with Gasteiger partial charge in [-0.3, -0.25) is 0 Å². The summed E-state index contributed by atoms with van der Waals surface area (Å²) in [6, 6.07) is 2.39. The molecular formula is C9H7F3N2. The Balaban J connectivity index is 3.54. The highest BCUT2D eigenvalue weighted by Gasteiger charge is 2.35. The van der Waals surface area contributed by atoms with E-state index in [1.807, 2.05) is 0 Å². The molecule has 0 atom stereocenters. The molecule has 0 aliphatic rings. The molecule has 0 radical (unpaired) electrons. The number of benzene rings is 1. The van der Waals surface area contributed by atoms with E-state index < -0.39 is 17.4 Å². The summed E-state index contributed by atoms with van der Waals surface area (Å²) in [7, 11) is 0. The second kappa shape index (κ2) is 3.22. The molecule has 2 nitrogen and oxygen atoms in total. The van der Waals surface area contributed by atoms with Crippen LogP contribution < -0.4 is 5.73 Å². The number of alkyl halides is 3. The highest BCUT2D eigenvalue weighted by atomic mass is 19.4. The Kier molecular flexibility index (Phi) is 2.39. The summed E-state index contributed by atoms with van der Waals surface area (Å²) in [5, 5.41) is 0. The van der Waals surface area contributed by atoms with Gasteiger partial charge >= 0.3 is 6.18 Å². The first-order valence-corrected chi connectivity index (χ1v) is 3.71. The lowest BCUT2D eigenvalue weighted by molar-refractivity contribution is -0.137. The maximum absolute atomic E-state index is 12.5. The molecule has 0 bridgehead atoms. The first-order chi connectivity index (χ1) is 6.38. The van der Waals surface area contributed by atoms with Gasteiger partial charge in [-0.05, 0) is 18.6 Å². The summed E-state index contributed by atoms with van der Waals surface area (Å²) in [5.74, 6) is 0. The van der Waals surface area contributed by atoms with Crippen LogP contribution in [0.1, 0.15) is 11.1 Å². The van der Waals surface area contributed by atoms with Crippen molar-refractivity contribution in [3.05, 3.63) is 34.7 Å². The number of rotatable bonds is 0. The molecule has 0 saturated heterocycles. The largest absolute Gasteiger partial charge is 0.407 e. The average molecular weight is 200 g/mol. The quantitative estimate of drug-likeness (QED) is 0.506. The van der Waals surface area contributed by atoms with Gasteiger partial charge in [-0.2, -0.15) is 13.2 Å². The van der Waals surface area contributed by atoms with Gasteiger partial charge in [-0.25, -0.2) is 4.85 Å². The van der Waals surface area contributed by atoms with E-state index in [4.69, 9.17) is 12.3 Å². The fourth-order valence-electron chi connectivity index (χ4n) is 1.16. The number of hydrogen-bond donors (Lipinski definition) is 1.